The zero-order chi connectivity index (χ0) is 13.0. The maximum atomic E-state index is 11.2. The van der Waals surface area contributed by atoms with Crippen LogP contribution in [-0.4, -0.2) is 28.4 Å². The molecule has 0 spiro atoms. The van der Waals surface area contributed by atoms with Crippen LogP contribution in [0, 0.1) is 0 Å². The van der Waals surface area contributed by atoms with Gasteiger partial charge in [0.2, 0.25) is 5.91 Å². The van der Waals surface area contributed by atoms with Crippen LogP contribution in [0.3, 0.4) is 0 Å². The molecule has 4 N–H and O–H groups in total. The predicted octanol–water partition coefficient (Wildman–Crippen LogP) is 0.894. The summed E-state index contributed by atoms with van der Waals surface area (Å²) in [4.78, 5) is 17.4. The monoisotopic (exact) mass is 248 g/mol. The molecule has 18 heavy (non-hydrogen) atoms. The third kappa shape index (κ3) is 3.43. The second-order valence-corrected chi connectivity index (χ2v) is 4.90. The summed E-state index contributed by atoms with van der Waals surface area (Å²) >= 11 is 0. The summed E-state index contributed by atoms with van der Waals surface area (Å²) in [5.74, 6) is 0.242. The number of primary amides is 1. The number of aromatic nitrogens is 1. The second-order valence-electron chi connectivity index (χ2n) is 4.90. The van der Waals surface area contributed by atoms with Gasteiger partial charge >= 0.3 is 0 Å². The molecular weight excluding hydrogens is 228 g/mol. The van der Waals surface area contributed by atoms with E-state index < -0.39 is 0 Å². The minimum absolute atomic E-state index is 0.273. The van der Waals surface area contributed by atoms with Gasteiger partial charge in [-0.05, 0) is 24.5 Å². The quantitative estimate of drug-likeness (QED) is 0.810. The van der Waals surface area contributed by atoms with Crippen molar-refractivity contribution in [3.05, 3.63) is 23.9 Å². The van der Waals surface area contributed by atoms with Crippen LogP contribution in [-0.2, 0) is 11.3 Å². The molecule has 0 atom stereocenters. The van der Waals surface area contributed by atoms with Gasteiger partial charge in [0.05, 0.1) is 6.54 Å². The highest BCUT2D eigenvalue weighted by molar-refractivity contribution is 5.75. The first-order valence-corrected chi connectivity index (χ1v) is 6.38. The van der Waals surface area contributed by atoms with Crippen molar-refractivity contribution in [2.75, 3.05) is 12.3 Å². The normalized spacial score (nSPS) is 16.3. The Hall–Kier alpha value is -1.62. The van der Waals surface area contributed by atoms with E-state index in [-0.39, 0.29) is 5.91 Å². The molecule has 0 unspecified atom stereocenters. The largest absolute Gasteiger partial charge is 0.384 e. The Bertz CT molecular complexity index is 398. The van der Waals surface area contributed by atoms with Crippen LogP contribution in [0.4, 0.5) is 5.82 Å². The molecule has 5 nitrogen and oxygen atoms in total. The van der Waals surface area contributed by atoms with Crippen LogP contribution in [0.2, 0.25) is 0 Å². The van der Waals surface area contributed by atoms with Gasteiger partial charge in [-0.2, -0.15) is 0 Å². The number of rotatable bonds is 5. The molecule has 1 amide bonds. The minimum Gasteiger partial charge on any atom is -0.384 e. The maximum absolute atomic E-state index is 11.2. The number of carbonyl (C=O) groups is 1. The van der Waals surface area contributed by atoms with Crippen LogP contribution in [0.5, 0.6) is 0 Å². The Balaban J connectivity index is 2.03. The van der Waals surface area contributed by atoms with Crippen molar-refractivity contribution in [3.8, 4) is 0 Å². The number of hydrogen-bond donors (Lipinski definition) is 2. The van der Waals surface area contributed by atoms with E-state index in [1.165, 1.54) is 12.8 Å². The fraction of sp³-hybridized carbons (Fsp3) is 0.538. The number of amides is 1. The third-order valence-corrected chi connectivity index (χ3v) is 3.43. The van der Waals surface area contributed by atoms with Crippen LogP contribution in [0.15, 0.2) is 18.3 Å². The summed E-state index contributed by atoms with van der Waals surface area (Å²) in [5, 5.41) is 0. The molecule has 1 aromatic heterocycles. The predicted molar refractivity (Wildman–Crippen MR) is 70.5 cm³/mol. The highest BCUT2D eigenvalue weighted by Gasteiger charge is 2.23. The molecule has 1 saturated carbocycles. The zero-order valence-corrected chi connectivity index (χ0v) is 10.5. The lowest BCUT2D eigenvalue weighted by Gasteiger charge is -2.27. The molecular formula is C13H20N4O. The van der Waals surface area contributed by atoms with Gasteiger partial charge in [-0.25, -0.2) is 4.98 Å². The van der Waals surface area contributed by atoms with Gasteiger partial charge in [0.15, 0.2) is 0 Å². The van der Waals surface area contributed by atoms with Crippen LogP contribution >= 0.6 is 0 Å². The molecule has 0 aromatic carbocycles. The summed E-state index contributed by atoms with van der Waals surface area (Å²) in [6, 6.07) is 4.20. The van der Waals surface area contributed by atoms with Gasteiger partial charge in [0.25, 0.3) is 0 Å². The molecule has 2 rings (SSSR count). The number of pyridine rings is 1. The number of nitrogens with two attached hydrogens (primary N) is 2. The second kappa shape index (κ2) is 5.82. The molecule has 1 aromatic rings. The average molecular weight is 248 g/mol. The molecule has 0 aliphatic heterocycles. The Morgan fingerprint density at radius 2 is 2.11 bits per heavy atom. The van der Waals surface area contributed by atoms with E-state index in [1.807, 2.05) is 6.07 Å². The first-order chi connectivity index (χ1) is 8.65. The minimum atomic E-state index is -0.273. The summed E-state index contributed by atoms with van der Waals surface area (Å²) in [5.41, 5.74) is 12.0. The number of hydrogen-bond acceptors (Lipinski definition) is 4. The van der Waals surface area contributed by atoms with Crippen LogP contribution < -0.4 is 11.5 Å². The van der Waals surface area contributed by atoms with E-state index in [2.05, 4.69) is 9.88 Å². The van der Waals surface area contributed by atoms with Crippen LogP contribution in [0.1, 0.15) is 31.2 Å². The zero-order valence-electron chi connectivity index (χ0n) is 10.5. The van der Waals surface area contributed by atoms with Gasteiger partial charge in [-0.15, -0.1) is 0 Å². The fourth-order valence-corrected chi connectivity index (χ4v) is 2.55. The molecule has 1 heterocycles. The van der Waals surface area contributed by atoms with Crippen LogP contribution in [0.25, 0.3) is 0 Å². The van der Waals surface area contributed by atoms with Crippen molar-refractivity contribution in [3.63, 3.8) is 0 Å². The lowest BCUT2D eigenvalue weighted by molar-refractivity contribution is -0.119. The molecule has 0 saturated heterocycles. The number of nitrogens with zero attached hydrogens (tertiary/aromatic N) is 2. The topological polar surface area (TPSA) is 85.2 Å². The molecule has 1 aliphatic rings. The first-order valence-electron chi connectivity index (χ1n) is 6.38. The van der Waals surface area contributed by atoms with E-state index in [0.29, 0.717) is 24.9 Å². The van der Waals surface area contributed by atoms with Crippen molar-refractivity contribution >= 4 is 11.7 Å². The molecule has 0 bridgehead atoms. The molecule has 1 aliphatic carbocycles. The highest BCUT2D eigenvalue weighted by Crippen LogP contribution is 2.24. The van der Waals surface area contributed by atoms with E-state index in [4.69, 9.17) is 11.5 Å². The average Bonchev–Trinajstić information content (AvgIpc) is 2.84. The van der Waals surface area contributed by atoms with Gasteiger partial charge < -0.3 is 11.5 Å². The van der Waals surface area contributed by atoms with E-state index in [0.717, 1.165) is 18.4 Å². The molecule has 5 heteroatoms. The van der Waals surface area contributed by atoms with Gasteiger partial charge in [-0.3, -0.25) is 9.69 Å². The van der Waals surface area contributed by atoms with E-state index in [1.54, 1.807) is 12.3 Å². The SMILES string of the molecule is NC(=O)CN(Cc1ccc(N)nc1)C1CCCC1. The Morgan fingerprint density at radius 3 is 2.67 bits per heavy atom. The van der Waals surface area contributed by atoms with Crippen molar-refractivity contribution in [1.29, 1.82) is 0 Å². The Morgan fingerprint density at radius 1 is 1.39 bits per heavy atom. The summed E-state index contributed by atoms with van der Waals surface area (Å²) in [7, 11) is 0. The standard InChI is InChI=1S/C13H20N4O/c14-12-6-5-10(7-16-12)8-17(9-13(15)18)11-3-1-2-4-11/h5-7,11H,1-4,8-9H2,(H2,14,16)(H2,15,18). The summed E-state index contributed by atoms with van der Waals surface area (Å²) < 4.78 is 0. The van der Waals surface area contributed by atoms with Gasteiger partial charge in [-0.1, -0.05) is 18.9 Å². The Labute approximate surface area is 107 Å². The number of nitrogen functional groups attached to an aromatic ring is 1. The number of carbonyl (C=O) groups excluding carboxylic acids is 1. The third-order valence-electron chi connectivity index (χ3n) is 3.43. The highest BCUT2D eigenvalue weighted by atomic mass is 16.1. The van der Waals surface area contributed by atoms with E-state index >= 15 is 0 Å². The van der Waals surface area contributed by atoms with Gasteiger partial charge in [0.1, 0.15) is 5.82 Å². The lowest BCUT2D eigenvalue weighted by atomic mass is 10.1. The smallest absolute Gasteiger partial charge is 0.231 e. The molecule has 1 fully saturated rings. The molecule has 98 valence electrons. The summed E-state index contributed by atoms with van der Waals surface area (Å²) in [6.07, 6.45) is 6.53. The van der Waals surface area contributed by atoms with Crippen molar-refractivity contribution < 1.29 is 4.79 Å². The van der Waals surface area contributed by atoms with Crippen molar-refractivity contribution in [2.24, 2.45) is 5.73 Å². The lowest BCUT2D eigenvalue weighted by Crippen LogP contribution is -2.39. The van der Waals surface area contributed by atoms with Crippen molar-refractivity contribution in [1.82, 2.24) is 9.88 Å². The van der Waals surface area contributed by atoms with Crippen molar-refractivity contribution in [2.45, 2.75) is 38.3 Å². The maximum Gasteiger partial charge on any atom is 0.231 e. The van der Waals surface area contributed by atoms with E-state index in [9.17, 15) is 4.79 Å². The first kappa shape index (κ1) is 12.8. The van der Waals surface area contributed by atoms with Gasteiger partial charge in [0, 0.05) is 18.8 Å². The fourth-order valence-electron chi connectivity index (χ4n) is 2.55. The summed E-state index contributed by atoms with van der Waals surface area (Å²) in [6.45, 7) is 1.02. The number of anilines is 1. The molecule has 0 radical (unpaired) electrons. The Kier molecular flexibility index (Phi) is 4.15.